The molecule has 0 saturated carbocycles. The first-order valence-electron chi connectivity index (χ1n) is 6.31. The van der Waals surface area contributed by atoms with Crippen LogP contribution in [0.4, 0.5) is 5.95 Å². The van der Waals surface area contributed by atoms with E-state index in [1.54, 1.807) is 25.4 Å². The molecule has 0 atom stereocenters. The van der Waals surface area contributed by atoms with Crippen LogP contribution in [0.5, 0.6) is 11.9 Å². The lowest BCUT2D eigenvalue weighted by Crippen LogP contribution is -2.07. The molecule has 7 nitrogen and oxygen atoms in total. The van der Waals surface area contributed by atoms with Crippen LogP contribution in [0.15, 0.2) is 18.3 Å². The highest BCUT2D eigenvalue weighted by atomic mass is 16.5. The zero-order chi connectivity index (χ0) is 14.4. The van der Waals surface area contributed by atoms with Crippen LogP contribution in [-0.4, -0.2) is 40.7 Å². The number of ether oxygens (including phenoxy) is 2. The Morgan fingerprint density at radius 1 is 1.15 bits per heavy atom. The zero-order valence-electron chi connectivity index (χ0n) is 11.8. The molecule has 20 heavy (non-hydrogen) atoms. The normalized spacial score (nSPS) is 10.2. The molecule has 2 aromatic heterocycles. The van der Waals surface area contributed by atoms with Crippen molar-refractivity contribution in [1.82, 2.24) is 19.9 Å². The number of rotatable bonds is 6. The molecule has 2 aromatic rings. The van der Waals surface area contributed by atoms with Gasteiger partial charge in [-0.3, -0.25) is 0 Å². The van der Waals surface area contributed by atoms with Gasteiger partial charge in [-0.25, -0.2) is 4.98 Å². The number of anilines is 1. The van der Waals surface area contributed by atoms with E-state index in [0.717, 1.165) is 18.5 Å². The monoisotopic (exact) mass is 275 g/mol. The largest absolute Gasteiger partial charge is 0.481 e. The molecular weight excluding hydrogens is 258 g/mol. The predicted octanol–water partition coefficient (Wildman–Crippen LogP) is 1.77. The van der Waals surface area contributed by atoms with E-state index in [2.05, 4.69) is 32.2 Å². The summed E-state index contributed by atoms with van der Waals surface area (Å²) in [7, 11) is 3.09. The maximum absolute atomic E-state index is 5.10. The molecule has 0 aliphatic rings. The van der Waals surface area contributed by atoms with Crippen molar-refractivity contribution in [3.05, 3.63) is 18.3 Å². The average Bonchev–Trinajstić information content (AvgIpc) is 2.52. The molecule has 106 valence electrons. The Morgan fingerprint density at radius 2 is 2.00 bits per heavy atom. The molecule has 1 N–H and O–H groups in total. The van der Waals surface area contributed by atoms with Crippen molar-refractivity contribution in [1.29, 1.82) is 0 Å². The average molecular weight is 275 g/mol. The molecule has 0 aliphatic carbocycles. The highest BCUT2D eigenvalue weighted by Crippen LogP contribution is 2.21. The van der Waals surface area contributed by atoms with E-state index in [1.165, 1.54) is 7.11 Å². The summed E-state index contributed by atoms with van der Waals surface area (Å²) in [6, 6.07) is 3.84. The molecule has 0 aromatic carbocycles. The van der Waals surface area contributed by atoms with Crippen LogP contribution in [0.25, 0.3) is 11.4 Å². The molecule has 7 heteroatoms. The van der Waals surface area contributed by atoms with Gasteiger partial charge in [0.25, 0.3) is 0 Å². The number of nitrogens with one attached hydrogen (secondary N) is 1. The Hall–Kier alpha value is -2.44. The van der Waals surface area contributed by atoms with E-state index in [4.69, 9.17) is 9.47 Å². The maximum atomic E-state index is 5.10. The first kappa shape index (κ1) is 14.0. The van der Waals surface area contributed by atoms with Crippen LogP contribution in [0, 0.1) is 0 Å². The van der Waals surface area contributed by atoms with Crippen LogP contribution in [-0.2, 0) is 0 Å². The fraction of sp³-hybridized carbons (Fsp3) is 0.385. The van der Waals surface area contributed by atoms with Crippen LogP contribution >= 0.6 is 0 Å². The van der Waals surface area contributed by atoms with Crippen molar-refractivity contribution in [2.24, 2.45) is 0 Å². The molecule has 0 unspecified atom stereocenters. The number of pyridine rings is 1. The summed E-state index contributed by atoms with van der Waals surface area (Å²) in [5, 5.41) is 3.12. The molecule has 0 radical (unpaired) electrons. The smallest absolute Gasteiger partial charge is 0.321 e. The van der Waals surface area contributed by atoms with Crippen molar-refractivity contribution in [2.75, 3.05) is 26.1 Å². The highest BCUT2D eigenvalue weighted by Gasteiger charge is 2.09. The van der Waals surface area contributed by atoms with E-state index in [1.807, 2.05) is 0 Å². The van der Waals surface area contributed by atoms with Gasteiger partial charge >= 0.3 is 6.01 Å². The van der Waals surface area contributed by atoms with E-state index in [0.29, 0.717) is 17.7 Å². The third-order valence-corrected chi connectivity index (χ3v) is 2.53. The first-order valence-corrected chi connectivity index (χ1v) is 6.31. The van der Waals surface area contributed by atoms with Crippen LogP contribution < -0.4 is 14.8 Å². The van der Waals surface area contributed by atoms with Gasteiger partial charge in [-0.1, -0.05) is 6.92 Å². The summed E-state index contributed by atoms with van der Waals surface area (Å²) in [6.07, 6.45) is 2.62. The van der Waals surface area contributed by atoms with Gasteiger partial charge in [0.1, 0.15) is 0 Å². The second kappa shape index (κ2) is 6.65. The molecule has 0 aliphatic heterocycles. The topological polar surface area (TPSA) is 82.1 Å². The summed E-state index contributed by atoms with van der Waals surface area (Å²) in [5.41, 5.74) is 0.789. The first-order chi connectivity index (χ1) is 9.76. The maximum Gasteiger partial charge on any atom is 0.321 e. The van der Waals surface area contributed by atoms with Gasteiger partial charge in [0, 0.05) is 24.4 Å². The van der Waals surface area contributed by atoms with Crippen molar-refractivity contribution in [3.63, 3.8) is 0 Å². The third-order valence-electron chi connectivity index (χ3n) is 2.53. The van der Waals surface area contributed by atoms with E-state index < -0.39 is 0 Å². The van der Waals surface area contributed by atoms with Crippen LogP contribution in [0.2, 0.25) is 0 Å². The van der Waals surface area contributed by atoms with Gasteiger partial charge < -0.3 is 14.8 Å². The Balaban J connectivity index is 2.38. The molecule has 0 amide bonds. The summed E-state index contributed by atoms with van der Waals surface area (Å²) in [4.78, 5) is 16.8. The third kappa shape index (κ3) is 3.31. The van der Waals surface area contributed by atoms with Crippen molar-refractivity contribution < 1.29 is 9.47 Å². The molecule has 2 heterocycles. The molecule has 0 bridgehead atoms. The number of hydrogen-bond acceptors (Lipinski definition) is 7. The van der Waals surface area contributed by atoms with E-state index in [9.17, 15) is 0 Å². The second-order valence-electron chi connectivity index (χ2n) is 3.98. The SMILES string of the molecule is CCCNc1nc(OC)nc(-c2ccnc(OC)c2)n1. The zero-order valence-corrected chi connectivity index (χ0v) is 11.8. The van der Waals surface area contributed by atoms with Crippen molar-refractivity contribution >= 4 is 5.95 Å². The standard InChI is InChI=1S/C13H17N5O2/c1-4-6-15-12-16-11(17-13(18-12)20-3)9-5-7-14-10(8-9)19-2/h5,7-8H,4,6H2,1-3H3,(H,15,16,17,18). The van der Waals surface area contributed by atoms with Gasteiger partial charge in [-0.2, -0.15) is 15.0 Å². The minimum atomic E-state index is 0.268. The predicted molar refractivity (Wildman–Crippen MR) is 74.9 cm³/mol. The van der Waals surface area contributed by atoms with Gasteiger partial charge in [-0.15, -0.1) is 0 Å². The molecule has 2 rings (SSSR count). The Morgan fingerprint density at radius 3 is 2.70 bits per heavy atom. The van der Waals surface area contributed by atoms with E-state index >= 15 is 0 Å². The Labute approximate surface area is 117 Å². The van der Waals surface area contributed by atoms with Crippen molar-refractivity contribution in [2.45, 2.75) is 13.3 Å². The number of nitrogens with zero attached hydrogens (tertiary/aromatic N) is 4. The van der Waals surface area contributed by atoms with Gasteiger partial charge in [0.2, 0.25) is 11.8 Å². The second-order valence-corrected chi connectivity index (χ2v) is 3.98. The Kier molecular flexibility index (Phi) is 4.65. The molecular formula is C13H17N5O2. The quantitative estimate of drug-likeness (QED) is 0.860. The number of aromatic nitrogens is 4. The van der Waals surface area contributed by atoms with Crippen LogP contribution in [0.3, 0.4) is 0 Å². The van der Waals surface area contributed by atoms with Crippen LogP contribution in [0.1, 0.15) is 13.3 Å². The summed E-state index contributed by atoms with van der Waals surface area (Å²) < 4.78 is 10.2. The Bertz CT molecular complexity index is 576. The fourth-order valence-electron chi connectivity index (χ4n) is 1.55. The van der Waals surface area contributed by atoms with E-state index in [-0.39, 0.29) is 6.01 Å². The molecule has 0 fully saturated rings. The highest BCUT2D eigenvalue weighted by molar-refractivity contribution is 5.57. The summed E-state index contributed by atoms with van der Waals surface area (Å²) in [5.74, 6) is 1.51. The molecule has 0 saturated heterocycles. The van der Waals surface area contributed by atoms with Gasteiger partial charge in [-0.05, 0) is 12.5 Å². The van der Waals surface area contributed by atoms with Crippen molar-refractivity contribution in [3.8, 4) is 23.3 Å². The van der Waals surface area contributed by atoms with Gasteiger partial charge in [0.05, 0.1) is 14.2 Å². The lowest BCUT2D eigenvalue weighted by Gasteiger charge is -2.08. The van der Waals surface area contributed by atoms with Gasteiger partial charge in [0.15, 0.2) is 5.82 Å². The number of hydrogen-bond donors (Lipinski definition) is 1. The summed E-state index contributed by atoms with van der Waals surface area (Å²) in [6.45, 7) is 2.85. The fourth-order valence-corrected chi connectivity index (χ4v) is 1.55. The minimum absolute atomic E-state index is 0.268. The minimum Gasteiger partial charge on any atom is -0.481 e. The molecule has 0 spiro atoms. The summed E-state index contributed by atoms with van der Waals surface area (Å²) >= 11 is 0. The number of methoxy groups -OCH3 is 2. The lowest BCUT2D eigenvalue weighted by molar-refractivity contribution is 0.379. The lowest BCUT2D eigenvalue weighted by atomic mass is 10.2.